The maximum Gasteiger partial charge on any atom is 0.227 e. The third-order valence-electron chi connectivity index (χ3n) is 4.62. The number of fused-ring (bicyclic) bond motifs is 1. The van der Waals surface area contributed by atoms with Gasteiger partial charge in [-0.3, -0.25) is 9.59 Å². The molecule has 1 aliphatic heterocycles. The number of carbonyl (C=O) groups excluding carboxylic acids is 2. The second-order valence-electron chi connectivity index (χ2n) is 6.33. The van der Waals surface area contributed by atoms with E-state index >= 15 is 0 Å². The third kappa shape index (κ3) is 3.47. The summed E-state index contributed by atoms with van der Waals surface area (Å²) >= 11 is 0. The minimum atomic E-state index is -0.127. The molecule has 1 aromatic rings. The van der Waals surface area contributed by atoms with Gasteiger partial charge in [-0.15, -0.1) is 0 Å². The number of nitrogens with one attached hydrogen (secondary N) is 2. The van der Waals surface area contributed by atoms with E-state index in [4.69, 9.17) is 5.73 Å². The van der Waals surface area contributed by atoms with Crippen LogP contribution in [-0.2, 0) is 16.0 Å². The lowest BCUT2D eigenvalue weighted by molar-refractivity contribution is -0.123. The number of anilines is 1. The van der Waals surface area contributed by atoms with Crippen molar-refractivity contribution < 1.29 is 9.59 Å². The molecule has 1 heterocycles. The number of carbonyl (C=O) groups is 2. The van der Waals surface area contributed by atoms with Gasteiger partial charge in [0.25, 0.3) is 0 Å². The van der Waals surface area contributed by atoms with Crippen LogP contribution in [0.15, 0.2) is 24.3 Å². The monoisotopic (exact) mass is 301 g/mol. The van der Waals surface area contributed by atoms with E-state index in [1.54, 1.807) is 0 Å². The summed E-state index contributed by atoms with van der Waals surface area (Å²) in [7, 11) is 0. The van der Waals surface area contributed by atoms with Crippen molar-refractivity contribution in [3.05, 3.63) is 29.8 Å². The summed E-state index contributed by atoms with van der Waals surface area (Å²) in [5, 5.41) is 5.93. The van der Waals surface area contributed by atoms with Crippen molar-refractivity contribution in [1.82, 2.24) is 5.32 Å². The second kappa shape index (κ2) is 6.48. The number of rotatable bonds is 6. The molecule has 2 unspecified atom stereocenters. The molecule has 0 spiro atoms. The molecule has 1 aromatic carbocycles. The molecule has 4 N–H and O–H groups in total. The van der Waals surface area contributed by atoms with Gasteiger partial charge in [-0.2, -0.15) is 0 Å². The van der Waals surface area contributed by atoms with Crippen LogP contribution in [-0.4, -0.2) is 24.4 Å². The van der Waals surface area contributed by atoms with Gasteiger partial charge in [0.2, 0.25) is 11.8 Å². The Balaban J connectivity index is 1.51. The number of para-hydroxylation sites is 1. The molecule has 0 radical (unpaired) electrons. The van der Waals surface area contributed by atoms with Gasteiger partial charge in [-0.25, -0.2) is 0 Å². The molecular weight excluding hydrogens is 278 g/mol. The van der Waals surface area contributed by atoms with E-state index in [-0.39, 0.29) is 23.8 Å². The van der Waals surface area contributed by atoms with Crippen LogP contribution in [0.3, 0.4) is 0 Å². The number of hydrogen-bond acceptors (Lipinski definition) is 3. The first kappa shape index (κ1) is 15.0. The predicted octanol–water partition coefficient (Wildman–Crippen LogP) is 1.43. The Labute approximate surface area is 130 Å². The SMILES string of the molecule is NCC(NC(=O)CCC1Cc2ccccc2NC1=O)C1CC1. The molecule has 0 bridgehead atoms. The average molecular weight is 301 g/mol. The summed E-state index contributed by atoms with van der Waals surface area (Å²) in [5.41, 5.74) is 7.73. The standard InChI is InChI=1S/C17H23N3O2/c18-10-15(11-5-6-11)19-16(21)8-7-13-9-12-3-1-2-4-14(12)20-17(13)22/h1-4,11,13,15H,5-10,18H2,(H,19,21)(H,20,22). The summed E-state index contributed by atoms with van der Waals surface area (Å²) in [5.74, 6) is 0.454. The molecule has 1 aliphatic carbocycles. The second-order valence-corrected chi connectivity index (χ2v) is 6.33. The summed E-state index contributed by atoms with van der Waals surface area (Å²) < 4.78 is 0. The first-order valence-corrected chi connectivity index (χ1v) is 8.05. The minimum Gasteiger partial charge on any atom is -0.352 e. The van der Waals surface area contributed by atoms with Crippen LogP contribution in [0.1, 0.15) is 31.2 Å². The van der Waals surface area contributed by atoms with Crippen molar-refractivity contribution in [2.24, 2.45) is 17.6 Å². The molecule has 5 nitrogen and oxygen atoms in total. The maximum absolute atomic E-state index is 12.1. The van der Waals surface area contributed by atoms with Crippen molar-refractivity contribution >= 4 is 17.5 Å². The maximum atomic E-state index is 12.1. The Kier molecular flexibility index (Phi) is 4.43. The molecule has 2 aliphatic rings. The zero-order valence-corrected chi connectivity index (χ0v) is 12.7. The van der Waals surface area contributed by atoms with Gasteiger partial charge in [0.15, 0.2) is 0 Å². The van der Waals surface area contributed by atoms with Crippen molar-refractivity contribution in [2.45, 2.75) is 38.1 Å². The van der Waals surface area contributed by atoms with E-state index in [9.17, 15) is 9.59 Å². The third-order valence-corrected chi connectivity index (χ3v) is 4.62. The van der Waals surface area contributed by atoms with Gasteiger partial charge in [0.05, 0.1) is 0 Å². The number of amides is 2. The Morgan fingerprint density at radius 3 is 2.86 bits per heavy atom. The summed E-state index contributed by atoms with van der Waals surface area (Å²) in [6, 6.07) is 7.93. The van der Waals surface area contributed by atoms with E-state index in [0.29, 0.717) is 31.7 Å². The highest BCUT2D eigenvalue weighted by Gasteiger charge is 2.31. The van der Waals surface area contributed by atoms with Gasteiger partial charge < -0.3 is 16.4 Å². The highest BCUT2D eigenvalue weighted by Crippen LogP contribution is 2.32. The minimum absolute atomic E-state index is 0.00834. The van der Waals surface area contributed by atoms with Gasteiger partial charge in [0, 0.05) is 30.6 Å². The van der Waals surface area contributed by atoms with Crippen LogP contribution in [0, 0.1) is 11.8 Å². The zero-order valence-electron chi connectivity index (χ0n) is 12.7. The number of hydrogen-bond donors (Lipinski definition) is 3. The fraction of sp³-hybridized carbons (Fsp3) is 0.529. The first-order chi connectivity index (χ1) is 10.7. The summed E-state index contributed by atoms with van der Waals surface area (Å²) in [6.45, 7) is 0.494. The topological polar surface area (TPSA) is 84.2 Å². The molecule has 118 valence electrons. The van der Waals surface area contributed by atoms with Crippen molar-refractivity contribution in [2.75, 3.05) is 11.9 Å². The molecule has 2 atom stereocenters. The molecular formula is C17H23N3O2. The fourth-order valence-corrected chi connectivity index (χ4v) is 3.10. The molecule has 2 amide bonds. The first-order valence-electron chi connectivity index (χ1n) is 8.05. The van der Waals surface area contributed by atoms with E-state index in [1.165, 1.54) is 0 Å². The van der Waals surface area contributed by atoms with Crippen LogP contribution in [0.5, 0.6) is 0 Å². The smallest absolute Gasteiger partial charge is 0.227 e. The van der Waals surface area contributed by atoms with Crippen molar-refractivity contribution in [1.29, 1.82) is 0 Å². The lowest BCUT2D eigenvalue weighted by Crippen LogP contribution is -2.42. The Bertz CT molecular complexity index is 569. The van der Waals surface area contributed by atoms with Crippen LogP contribution < -0.4 is 16.4 Å². The summed E-state index contributed by atoms with van der Waals surface area (Å²) in [6.07, 6.45) is 3.98. The van der Waals surface area contributed by atoms with E-state index in [0.717, 1.165) is 24.1 Å². The molecule has 3 rings (SSSR count). The normalized spacial score (nSPS) is 21.7. The van der Waals surface area contributed by atoms with E-state index in [1.807, 2.05) is 24.3 Å². The van der Waals surface area contributed by atoms with Gasteiger partial charge >= 0.3 is 0 Å². The van der Waals surface area contributed by atoms with Crippen LogP contribution in [0.25, 0.3) is 0 Å². The van der Waals surface area contributed by atoms with Crippen LogP contribution in [0.2, 0.25) is 0 Å². The molecule has 0 aromatic heterocycles. The molecule has 0 saturated heterocycles. The molecule has 5 heteroatoms. The van der Waals surface area contributed by atoms with Gasteiger partial charge in [-0.05, 0) is 43.2 Å². The Morgan fingerprint density at radius 2 is 2.14 bits per heavy atom. The van der Waals surface area contributed by atoms with Gasteiger partial charge in [0.1, 0.15) is 0 Å². The number of benzene rings is 1. The summed E-state index contributed by atoms with van der Waals surface area (Å²) in [4.78, 5) is 24.1. The molecule has 22 heavy (non-hydrogen) atoms. The lowest BCUT2D eigenvalue weighted by Gasteiger charge is -2.24. The Morgan fingerprint density at radius 1 is 1.36 bits per heavy atom. The Hall–Kier alpha value is -1.88. The average Bonchev–Trinajstić information content (AvgIpc) is 3.35. The van der Waals surface area contributed by atoms with Crippen molar-refractivity contribution in [3.8, 4) is 0 Å². The highest BCUT2D eigenvalue weighted by atomic mass is 16.2. The zero-order chi connectivity index (χ0) is 15.5. The van der Waals surface area contributed by atoms with Crippen LogP contribution in [0.4, 0.5) is 5.69 Å². The predicted molar refractivity (Wildman–Crippen MR) is 85.2 cm³/mol. The van der Waals surface area contributed by atoms with Gasteiger partial charge in [-0.1, -0.05) is 18.2 Å². The van der Waals surface area contributed by atoms with E-state index < -0.39 is 0 Å². The van der Waals surface area contributed by atoms with Crippen LogP contribution >= 0.6 is 0 Å². The van der Waals surface area contributed by atoms with Crippen molar-refractivity contribution in [3.63, 3.8) is 0 Å². The highest BCUT2D eigenvalue weighted by molar-refractivity contribution is 5.96. The molecule has 1 fully saturated rings. The quantitative estimate of drug-likeness (QED) is 0.743. The largest absolute Gasteiger partial charge is 0.352 e. The molecule has 1 saturated carbocycles. The number of nitrogens with two attached hydrogens (primary N) is 1. The lowest BCUT2D eigenvalue weighted by atomic mass is 9.89. The fourth-order valence-electron chi connectivity index (χ4n) is 3.10. The van der Waals surface area contributed by atoms with E-state index in [2.05, 4.69) is 10.6 Å².